The maximum Gasteiger partial charge on any atom is 0.267 e. The maximum atomic E-state index is 13.1. The number of aromatic nitrogens is 2. The Morgan fingerprint density at radius 2 is 1.80 bits per heavy atom. The van der Waals surface area contributed by atoms with Gasteiger partial charge >= 0.3 is 0 Å². The van der Waals surface area contributed by atoms with Crippen molar-refractivity contribution in [3.63, 3.8) is 0 Å². The van der Waals surface area contributed by atoms with Crippen molar-refractivity contribution < 1.29 is 27.6 Å². The second kappa shape index (κ2) is 10.1. The van der Waals surface area contributed by atoms with Crippen LogP contribution in [0, 0.1) is 5.82 Å². The molecule has 2 atom stereocenters. The molecule has 184 valence electrons. The van der Waals surface area contributed by atoms with Gasteiger partial charge in [-0.3, -0.25) is 9.10 Å². The molecular weight excluding hydrogens is 475 g/mol. The van der Waals surface area contributed by atoms with E-state index in [2.05, 4.69) is 9.97 Å². The molecule has 11 heteroatoms. The van der Waals surface area contributed by atoms with Gasteiger partial charge in [-0.2, -0.15) is 0 Å². The summed E-state index contributed by atoms with van der Waals surface area (Å²) in [6, 6.07) is 13.9. The number of primary amides is 1. The average Bonchev–Trinajstić information content (AvgIpc) is 3.17. The van der Waals surface area contributed by atoms with Gasteiger partial charge in [-0.25, -0.2) is 18.6 Å². The number of nitrogens with zero attached hydrogens (tertiary/aromatic N) is 3. The zero-order valence-electron chi connectivity index (χ0n) is 19.4. The van der Waals surface area contributed by atoms with Crippen molar-refractivity contribution >= 4 is 22.7 Å². The highest BCUT2D eigenvalue weighted by molar-refractivity contribution is 7.85. The monoisotopic (exact) mass is 500 g/mol. The molecule has 3 aromatic rings. The number of carbonyl (C=O) groups is 1. The average molecular weight is 501 g/mol. The lowest BCUT2D eigenvalue weighted by atomic mass is 10.2. The Labute approximate surface area is 204 Å². The van der Waals surface area contributed by atoms with Crippen LogP contribution in [0.3, 0.4) is 0 Å². The van der Waals surface area contributed by atoms with Crippen LogP contribution in [0.4, 0.5) is 10.2 Å². The van der Waals surface area contributed by atoms with Crippen LogP contribution in [-0.4, -0.2) is 51.4 Å². The Morgan fingerprint density at radius 1 is 1.17 bits per heavy atom. The molecule has 1 aliphatic heterocycles. The number of halogens is 1. The second-order valence-corrected chi connectivity index (χ2v) is 9.60. The van der Waals surface area contributed by atoms with E-state index in [1.165, 1.54) is 40.9 Å². The Kier molecular flexibility index (Phi) is 7.10. The molecule has 2 unspecified atom stereocenters. The first-order valence-electron chi connectivity index (χ1n) is 10.8. The molecule has 9 nitrogen and oxygen atoms in total. The molecule has 0 radical (unpaired) electrons. The number of carbonyl (C=O) groups excluding carboxylic acids is 1. The molecule has 1 aliphatic rings. The molecule has 2 heterocycles. The van der Waals surface area contributed by atoms with Gasteiger partial charge in [0.25, 0.3) is 5.91 Å². The Hall–Kier alpha value is -3.41. The molecule has 0 bridgehead atoms. The van der Waals surface area contributed by atoms with Crippen molar-refractivity contribution in [3.05, 3.63) is 66.1 Å². The van der Waals surface area contributed by atoms with Crippen molar-refractivity contribution in [2.75, 3.05) is 23.7 Å². The quantitative estimate of drug-likeness (QED) is 0.504. The number of anilines is 1. The largest absolute Gasteiger partial charge is 0.457 e. The first kappa shape index (κ1) is 24.7. The molecule has 1 amide bonds. The number of rotatable bonds is 8. The van der Waals surface area contributed by atoms with E-state index in [1.807, 2.05) is 0 Å². The summed E-state index contributed by atoms with van der Waals surface area (Å²) in [7, 11) is -1.48. The number of ether oxygens (including phenoxy) is 3. The van der Waals surface area contributed by atoms with Gasteiger partial charge in [0.1, 0.15) is 45.9 Å². The lowest BCUT2D eigenvalue weighted by Gasteiger charge is -2.24. The fourth-order valence-electron chi connectivity index (χ4n) is 3.50. The summed E-state index contributed by atoms with van der Waals surface area (Å²) in [5, 5.41) is 0. The van der Waals surface area contributed by atoms with Gasteiger partial charge in [0, 0.05) is 17.9 Å². The molecule has 1 fully saturated rings. The molecule has 4 rings (SSSR count). The number of nitrogens with two attached hydrogens (primary N) is 1. The van der Waals surface area contributed by atoms with Crippen LogP contribution < -0.4 is 14.8 Å². The minimum Gasteiger partial charge on any atom is -0.457 e. The smallest absolute Gasteiger partial charge is 0.267 e. The molecule has 2 aromatic carbocycles. The fourth-order valence-corrected chi connectivity index (χ4v) is 4.23. The minimum atomic E-state index is -1.48. The lowest BCUT2D eigenvalue weighted by Crippen LogP contribution is -2.36. The summed E-state index contributed by atoms with van der Waals surface area (Å²) >= 11 is 0. The molecule has 2 N–H and O–H groups in total. The number of benzene rings is 2. The van der Waals surface area contributed by atoms with Crippen LogP contribution in [-0.2, 0) is 20.5 Å². The van der Waals surface area contributed by atoms with Crippen molar-refractivity contribution in [2.45, 2.75) is 25.7 Å². The zero-order valence-corrected chi connectivity index (χ0v) is 20.3. The summed E-state index contributed by atoms with van der Waals surface area (Å²) < 4.78 is 44.4. The number of amides is 1. The molecule has 0 spiro atoms. The Bertz CT molecular complexity index is 1240. The highest BCUT2D eigenvalue weighted by Gasteiger charge is 2.34. The van der Waals surface area contributed by atoms with E-state index in [4.69, 9.17) is 19.9 Å². The summed E-state index contributed by atoms with van der Waals surface area (Å²) in [5.74, 6) is -0.339. The van der Waals surface area contributed by atoms with E-state index >= 15 is 0 Å². The van der Waals surface area contributed by atoms with Crippen molar-refractivity contribution in [1.29, 1.82) is 0 Å². The van der Waals surface area contributed by atoms with E-state index < -0.39 is 22.7 Å². The molecule has 1 saturated heterocycles. The third-order valence-electron chi connectivity index (χ3n) is 5.13. The van der Waals surface area contributed by atoms with Crippen LogP contribution in [0.2, 0.25) is 0 Å². The first-order chi connectivity index (χ1) is 16.6. The summed E-state index contributed by atoms with van der Waals surface area (Å²) in [6.45, 7) is 4.16. The van der Waals surface area contributed by atoms with Crippen molar-refractivity contribution in [3.8, 4) is 22.9 Å². The van der Waals surface area contributed by atoms with Crippen LogP contribution in [0.1, 0.15) is 24.3 Å². The predicted molar refractivity (Wildman–Crippen MR) is 129 cm³/mol. The van der Waals surface area contributed by atoms with E-state index in [-0.39, 0.29) is 35.8 Å². The van der Waals surface area contributed by atoms with Crippen LogP contribution in [0.15, 0.2) is 54.6 Å². The molecule has 0 aliphatic carbocycles. The topological polar surface area (TPSA) is 117 Å². The van der Waals surface area contributed by atoms with Gasteiger partial charge in [-0.05, 0) is 62.4 Å². The SMILES string of the molecule is CS(=O)N(CC1COC(C)(C)O1)c1cc(C(N)=O)nc(-c2ccc(Oc3ccc(F)cc3)cc2)n1. The van der Waals surface area contributed by atoms with Crippen molar-refractivity contribution in [2.24, 2.45) is 5.73 Å². The lowest BCUT2D eigenvalue weighted by molar-refractivity contribution is -0.136. The normalized spacial score (nSPS) is 17.7. The van der Waals surface area contributed by atoms with Gasteiger partial charge in [0.15, 0.2) is 11.6 Å². The van der Waals surface area contributed by atoms with Crippen LogP contribution in [0.25, 0.3) is 11.4 Å². The summed E-state index contributed by atoms with van der Waals surface area (Å²) in [6.07, 6.45) is 1.17. The fraction of sp³-hybridized carbons (Fsp3) is 0.292. The zero-order chi connectivity index (χ0) is 25.2. The first-order valence-corrected chi connectivity index (χ1v) is 12.3. The Balaban J connectivity index is 1.61. The molecule has 0 saturated carbocycles. The summed E-state index contributed by atoms with van der Waals surface area (Å²) in [5.41, 5.74) is 6.08. The van der Waals surface area contributed by atoms with Gasteiger partial charge in [-0.1, -0.05) is 0 Å². The molecule has 35 heavy (non-hydrogen) atoms. The maximum absolute atomic E-state index is 13.1. The number of hydrogen-bond acceptors (Lipinski definition) is 7. The highest BCUT2D eigenvalue weighted by Crippen LogP contribution is 2.28. The van der Waals surface area contributed by atoms with E-state index in [0.717, 1.165) is 0 Å². The minimum absolute atomic E-state index is 0.0176. The Morgan fingerprint density at radius 3 is 2.34 bits per heavy atom. The third kappa shape index (κ3) is 6.18. The van der Waals surface area contributed by atoms with Crippen molar-refractivity contribution in [1.82, 2.24) is 9.97 Å². The van der Waals surface area contributed by atoms with Crippen LogP contribution in [0.5, 0.6) is 11.5 Å². The van der Waals surface area contributed by atoms with E-state index in [1.54, 1.807) is 38.1 Å². The number of hydrogen-bond donors (Lipinski definition) is 1. The molecular formula is C24H25FN4O5S. The van der Waals surface area contributed by atoms with Gasteiger partial charge in [0.2, 0.25) is 0 Å². The predicted octanol–water partition coefficient (Wildman–Crippen LogP) is 3.43. The summed E-state index contributed by atoms with van der Waals surface area (Å²) in [4.78, 5) is 20.8. The highest BCUT2D eigenvalue weighted by atomic mass is 32.2. The van der Waals surface area contributed by atoms with Gasteiger partial charge < -0.3 is 19.9 Å². The van der Waals surface area contributed by atoms with E-state index in [9.17, 15) is 13.4 Å². The van der Waals surface area contributed by atoms with Gasteiger partial charge in [-0.15, -0.1) is 0 Å². The van der Waals surface area contributed by atoms with E-state index in [0.29, 0.717) is 23.7 Å². The second-order valence-electron chi connectivity index (χ2n) is 8.32. The van der Waals surface area contributed by atoms with Gasteiger partial charge in [0.05, 0.1) is 13.2 Å². The third-order valence-corrected chi connectivity index (χ3v) is 6.09. The van der Waals surface area contributed by atoms with Crippen LogP contribution >= 0.6 is 0 Å². The molecule has 1 aromatic heterocycles. The standard InChI is InChI=1S/C24H25FN4O5S/c1-24(2)32-14-19(34-24)13-29(35(3)31)21-12-20(22(26)30)27-23(28-21)15-4-8-17(9-5-15)33-18-10-6-16(25)7-11-18/h4-12,19H,13-14H2,1-3H3,(H2,26,30).